The highest BCUT2D eigenvalue weighted by molar-refractivity contribution is 5.80. The molecule has 0 saturated heterocycles. The van der Waals surface area contributed by atoms with Crippen LogP contribution in [0.3, 0.4) is 0 Å². The quantitative estimate of drug-likeness (QED) is 0.546. The van der Waals surface area contributed by atoms with Crippen LogP contribution >= 0.6 is 0 Å². The summed E-state index contributed by atoms with van der Waals surface area (Å²) in [5, 5.41) is 20.4. The maximum absolute atomic E-state index is 11.8. The van der Waals surface area contributed by atoms with Crippen LogP contribution in [0.15, 0.2) is 0 Å². The number of ether oxygens (including phenoxy) is 1. The molecule has 0 aromatic heterocycles. The zero-order valence-electron chi connectivity index (χ0n) is 10.5. The second-order valence-electron chi connectivity index (χ2n) is 4.45. The van der Waals surface area contributed by atoms with E-state index in [0.29, 0.717) is 26.0 Å². The van der Waals surface area contributed by atoms with Gasteiger partial charge in [-0.1, -0.05) is 0 Å². The van der Waals surface area contributed by atoms with E-state index in [1.807, 2.05) is 0 Å². The molecule has 1 fully saturated rings. The van der Waals surface area contributed by atoms with Crippen molar-refractivity contribution in [1.29, 1.82) is 0 Å². The fourth-order valence-corrected chi connectivity index (χ4v) is 1.61. The molecule has 1 saturated carbocycles. The molecule has 0 atom stereocenters. The van der Waals surface area contributed by atoms with Crippen molar-refractivity contribution in [3.63, 3.8) is 0 Å². The third-order valence-electron chi connectivity index (χ3n) is 3.11. The highest BCUT2D eigenvalue weighted by atomic mass is 16.5. The molecule has 2 amide bonds. The smallest absolute Gasteiger partial charge is 0.317 e. The van der Waals surface area contributed by atoms with Crippen LogP contribution in [0.25, 0.3) is 0 Å². The molecule has 1 rings (SSSR count). The summed E-state index contributed by atoms with van der Waals surface area (Å²) < 4.78 is 4.87. The number of urea groups is 1. The number of nitrogens with one attached hydrogen (secondary N) is 1. The number of rotatable bonds is 8. The molecule has 0 aromatic carbocycles. The van der Waals surface area contributed by atoms with Crippen LogP contribution in [0.4, 0.5) is 4.79 Å². The van der Waals surface area contributed by atoms with E-state index >= 15 is 0 Å². The Labute approximate surface area is 106 Å². The molecule has 18 heavy (non-hydrogen) atoms. The molecule has 0 aliphatic heterocycles. The van der Waals surface area contributed by atoms with Crippen LogP contribution in [-0.4, -0.2) is 67.1 Å². The van der Waals surface area contributed by atoms with Gasteiger partial charge in [0.15, 0.2) is 0 Å². The van der Waals surface area contributed by atoms with Crippen LogP contribution in [0, 0.1) is 5.41 Å². The van der Waals surface area contributed by atoms with E-state index < -0.39 is 11.4 Å². The Bertz CT molecular complexity index is 304. The zero-order chi connectivity index (χ0) is 13.6. The third kappa shape index (κ3) is 3.85. The van der Waals surface area contributed by atoms with E-state index in [1.165, 1.54) is 12.0 Å². The van der Waals surface area contributed by atoms with E-state index in [1.54, 1.807) is 0 Å². The van der Waals surface area contributed by atoms with Crippen molar-refractivity contribution in [2.24, 2.45) is 5.41 Å². The van der Waals surface area contributed by atoms with Crippen LogP contribution in [-0.2, 0) is 9.53 Å². The molecule has 0 bridgehead atoms. The number of hydrogen-bond donors (Lipinski definition) is 3. The Morgan fingerprint density at radius 2 is 2.06 bits per heavy atom. The number of aliphatic carboxylic acids is 1. The first-order valence-electron chi connectivity index (χ1n) is 5.92. The molecule has 0 heterocycles. The lowest BCUT2D eigenvalue weighted by Gasteiger charge is -2.22. The first-order valence-corrected chi connectivity index (χ1v) is 5.92. The minimum atomic E-state index is -0.867. The monoisotopic (exact) mass is 260 g/mol. The normalized spacial score (nSPS) is 16.1. The van der Waals surface area contributed by atoms with Gasteiger partial charge in [-0.3, -0.25) is 4.79 Å². The number of aliphatic hydroxyl groups excluding tert-OH is 1. The maximum atomic E-state index is 11.8. The molecule has 0 unspecified atom stereocenters. The van der Waals surface area contributed by atoms with E-state index in [9.17, 15) is 9.59 Å². The number of hydrogen-bond acceptors (Lipinski definition) is 4. The van der Waals surface area contributed by atoms with Gasteiger partial charge in [-0.2, -0.15) is 0 Å². The highest BCUT2D eigenvalue weighted by Gasteiger charge is 2.50. The molecule has 7 heteroatoms. The first kappa shape index (κ1) is 14.7. The molecule has 1 aliphatic carbocycles. The minimum Gasteiger partial charge on any atom is -0.481 e. The van der Waals surface area contributed by atoms with Gasteiger partial charge in [0.2, 0.25) is 0 Å². The van der Waals surface area contributed by atoms with Crippen molar-refractivity contribution in [2.45, 2.75) is 12.8 Å². The maximum Gasteiger partial charge on any atom is 0.317 e. The Morgan fingerprint density at radius 1 is 1.39 bits per heavy atom. The van der Waals surface area contributed by atoms with Crippen LogP contribution < -0.4 is 5.32 Å². The lowest BCUT2D eigenvalue weighted by Crippen LogP contribution is -2.45. The van der Waals surface area contributed by atoms with Crippen molar-refractivity contribution in [1.82, 2.24) is 10.2 Å². The number of carboxylic acids is 1. The van der Waals surface area contributed by atoms with Gasteiger partial charge in [0.05, 0.1) is 18.6 Å². The summed E-state index contributed by atoms with van der Waals surface area (Å²) in [5.74, 6) is -0.867. The van der Waals surface area contributed by atoms with Gasteiger partial charge in [-0.25, -0.2) is 4.79 Å². The molecule has 104 valence electrons. The minimum absolute atomic E-state index is 0.135. The van der Waals surface area contributed by atoms with Gasteiger partial charge in [0.25, 0.3) is 0 Å². The molecule has 7 nitrogen and oxygen atoms in total. The highest BCUT2D eigenvalue weighted by Crippen LogP contribution is 2.45. The summed E-state index contributed by atoms with van der Waals surface area (Å²) in [6.45, 7) is 0.938. The number of carbonyl (C=O) groups excluding carboxylic acids is 1. The van der Waals surface area contributed by atoms with Crippen molar-refractivity contribution < 1.29 is 24.5 Å². The molecular formula is C11H20N2O5. The Balaban J connectivity index is 2.39. The number of carbonyl (C=O) groups is 2. The Hall–Kier alpha value is -1.34. The van der Waals surface area contributed by atoms with Crippen LogP contribution in [0.2, 0.25) is 0 Å². The second-order valence-corrected chi connectivity index (χ2v) is 4.45. The molecule has 0 radical (unpaired) electrons. The van der Waals surface area contributed by atoms with Crippen molar-refractivity contribution in [3.8, 4) is 0 Å². The molecular weight excluding hydrogens is 240 g/mol. The SMILES string of the molecule is COCCN(CCO)C(=O)NCC1(C(=O)O)CC1. The van der Waals surface area contributed by atoms with E-state index in [-0.39, 0.29) is 25.7 Å². The van der Waals surface area contributed by atoms with Crippen molar-refractivity contribution in [3.05, 3.63) is 0 Å². The van der Waals surface area contributed by atoms with E-state index in [4.69, 9.17) is 14.9 Å². The number of amides is 2. The Kier molecular flexibility index (Phi) is 5.36. The van der Waals surface area contributed by atoms with E-state index in [2.05, 4.69) is 5.32 Å². The topological polar surface area (TPSA) is 99.1 Å². The van der Waals surface area contributed by atoms with Gasteiger partial charge in [0, 0.05) is 26.7 Å². The standard InChI is InChI=1S/C11H20N2O5/c1-18-7-5-13(4-6-14)10(17)12-8-11(2-3-11)9(15)16/h14H,2-8H2,1H3,(H,12,17)(H,15,16). The summed E-state index contributed by atoms with van der Waals surface area (Å²) in [5.41, 5.74) is -0.776. The number of nitrogens with zero attached hydrogens (tertiary/aromatic N) is 1. The van der Waals surface area contributed by atoms with Gasteiger partial charge in [-0.05, 0) is 12.8 Å². The first-order chi connectivity index (χ1) is 8.55. The zero-order valence-corrected chi connectivity index (χ0v) is 10.5. The average Bonchev–Trinajstić information content (AvgIpc) is 3.12. The third-order valence-corrected chi connectivity index (χ3v) is 3.11. The molecule has 0 spiro atoms. The summed E-state index contributed by atoms with van der Waals surface area (Å²) in [4.78, 5) is 24.1. The van der Waals surface area contributed by atoms with Crippen molar-refractivity contribution >= 4 is 12.0 Å². The lowest BCUT2D eigenvalue weighted by molar-refractivity contribution is -0.143. The summed E-state index contributed by atoms with van der Waals surface area (Å²) in [6.07, 6.45) is 1.20. The number of methoxy groups -OCH3 is 1. The predicted octanol–water partition coefficient (Wildman–Crippen LogP) is -0.498. The summed E-state index contributed by atoms with van der Waals surface area (Å²) in [7, 11) is 1.53. The summed E-state index contributed by atoms with van der Waals surface area (Å²) in [6, 6.07) is -0.367. The van der Waals surface area contributed by atoms with Gasteiger partial charge >= 0.3 is 12.0 Å². The van der Waals surface area contributed by atoms with Crippen molar-refractivity contribution in [2.75, 3.05) is 40.0 Å². The Morgan fingerprint density at radius 3 is 2.50 bits per heavy atom. The van der Waals surface area contributed by atoms with Crippen LogP contribution in [0.5, 0.6) is 0 Å². The molecule has 3 N–H and O–H groups in total. The van der Waals surface area contributed by atoms with Gasteiger partial charge < -0.3 is 25.2 Å². The van der Waals surface area contributed by atoms with Gasteiger partial charge in [-0.15, -0.1) is 0 Å². The fourth-order valence-electron chi connectivity index (χ4n) is 1.61. The van der Waals surface area contributed by atoms with E-state index in [0.717, 1.165) is 0 Å². The largest absolute Gasteiger partial charge is 0.481 e. The average molecular weight is 260 g/mol. The predicted molar refractivity (Wildman–Crippen MR) is 63.2 cm³/mol. The number of aliphatic hydroxyl groups is 1. The van der Waals surface area contributed by atoms with Crippen LogP contribution in [0.1, 0.15) is 12.8 Å². The fraction of sp³-hybridized carbons (Fsp3) is 0.818. The second kappa shape index (κ2) is 6.55. The van der Waals surface area contributed by atoms with Gasteiger partial charge in [0.1, 0.15) is 0 Å². The number of carboxylic acid groups (broad SMARTS) is 1. The molecule has 0 aromatic rings. The summed E-state index contributed by atoms with van der Waals surface area (Å²) >= 11 is 0. The molecule has 1 aliphatic rings. The lowest BCUT2D eigenvalue weighted by atomic mass is 10.1.